The molecule has 0 radical (unpaired) electrons. The van der Waals surface area contributed by atoms with Crippen LogP contribution in [0.15, 0.2) is 11.0 Å². The van der Waals surface area contributed by atoms with Crippen molar-refractivity contribution in [3.05, 3.63) is 22.4 Å². The van der Waals surface area contributed by atoms with Crippen LogP contribution < -0.4 is 5.69 Å². The first-order valence-electron chi connectivity index (χ1n) is 3.38. The molecule has 11 heavy (non-hydrogen) atoms. The molecule has 4 heteroatoms. The first-order chi connectivity index (χ1) is 5.16. The standard InChI is InChI=1S/C7H12N2O2/c1-6-4-9(5-11-3)7(10)8(6)2/h4H,5H2,1-3H3. The van der Waals surface area contributed by atoms with Crippen molar-refractivity contribution in [3.8, 4) is 0 Å². The lowest BCUT2D eigenvalue weighted by Crippen LogP contribution is -2.22. The van der Waals surface area contributed by atoms with E-state index >= 15 is 0 Å². The van der Waals surface area contributed by atoms with Crippen LogP contribution in [0.25, 0.3) is 0 Å². The van der Waals surface area contributed by atoms with E-state index in [9.17, 15) is 4.79 Å². The Hall–Kier alpha value is -1.03. The molecule has 0 unspecified atom stereocenters. The van der Waals surface area contributed by atoms with Crippen LogP contribution in [0.5, 0.6) is 0 Å². The van der Waals surface area contributed by atoms with Crippen LogP contribution >= 0.6 is 0 Å². The van der Waals surface area contributed by atoms with Crippen molar-refractivity contribution < 1.29 is 4.74 Å². The van der Waals surface area contributed by atoms with Crippen molar-refractivity contribution in [1.29, 1.82) is 0 Å². The Morgan fingerprint density at radius 2 is 2.27 bits per heavy atom. The van der Waals surface area contributed by atoms with E-state index in [4.69, 9.17) is 4.74 Å². The van der Waals surface area contributed by atoms with Crippen LogP contribution in [-0.2, 0) is 18.5 Å². The first kappa shape index (κ1) is 8.07. The minimum atomic E-state index is -0.0376. The lowest BCUT2D eigenvalue weighted by Gasteiger charge is -1.95. The number of rotatable bonds is 2. The van der Waals surface area contributed by atoms with Crippen molar-refractivity contribution in [2.75, 3.05) is 7.11 Å². The molecule has 0 N–H and O–H groups in total. The normalized spacial score (nSPS) is 10.5. The molecule has 0 aliphatic rings. The van der Waals surface area contributed by atoms with Gasteiger partial charge in [0.1, 0.15) is 6.73 Å². The number of aryl methyl sites for hydroxylation is 1. The Balaban J connectivity index is 3.09. The molecule has 0 saturated carbocycles. The van der Waals surface area contributed by atoms with Crippen LogP contribution in [0.1, 0.15) is 5.69 Å². The average molecular weight is 156 g/mol. The van der Waals surface area contributed by atoms with Crippen molar-refractivity contribution in [3.63, 3.8) is 0 Å². The van der Waals surface area contributed by atoms with E-state index in [1.165, 1.54) is 4.57 Å². The minimum Gasteiger partial charge on any atom is -0.364 e. The monoisotopic (exact) mass is 156 g/mol. The van der Waals surface area contributed by atoms with Gasteiger partial charge in [-0.15, -0.1) is 0 Å². The third-order valence-electron chi connectivity index (χ3n) is 1.67. The fourth-order valence-electron chi connectivity index (χ4n) is 0.942. The Labute approximate surface area is 65.0 Å². The number of hydrogen-bond acceptors (Lipinski definition) is 2. The molecule has 0 amide bonds. The third kappa shape index (κ3) is 1.35. The Morgan fingerprint density at radius 3 is 2.64 bits per heavy atom. The topological polar surface area (TPSA) is 36.2 Å². The van der Waals surface area contributed by atoms with Gasteiger partial charge in [-0.1, -0.05) is 0 Å². The van der Waals surface area contributed by atoms with Crippen molar-refractivity contribution in [2.45, 2.75) is 13.7 Å². The maximum atomic E-state index is 11.2. The van der Waals surface area contributed by atoms with E-state index in [0.29, 0.717) is 6.73 Å². The molecule has 0 spiro atoms. The molecule has 0 aromatic carbocycles. The highest BCUT2D eigenvalue weighted by Crippen LogP contribution is 1.91. The summed E-state index contributed by atoms with van der Waals surface area (Å²) in [7, 11) is 3.30. The summed E-state index contributed by atoms with van der Waals surface area (Å²) in [6.07, 6.45) is 1.77. The molecule has 0 aliphatic carbocycles. The molecular formula is C7H12N2O2. The quantitative estimate of drug-likeness (QED) is 0.608. The Morgan fingerprint density at radius 1 is 1.64 bits per heavy atom. The number of hydrogen-bond donors (Lipinski definition) is 0. The highest BCUT2D eigenvalue weighted by atomic mass is 16.5. The molecule has 0 bridgehead atoms. The molecule has 1 heterocycles. The fourth-order valence-corrected chi connectivity index (χ4v) is 0.942. The number of ether oxygens (including phenoxy) is 1. The average Bonchev–Trinajstić information content (AvgIpc) is 2.19. The number of methoxy groups -OCH3 is 1. The van der Waals surface area contributed by atoms with Crippen LogP contribution in [0.2, 0.25) is 0 Å². The fraction of sp³-hybridized carbons (Fsp3) is 0.571. The summed E-state index contributed by atoms with van der Waals surface area (Å²) in [4.78, 5) is 11.2. The molecule has 0 fully saturated rings. The van der Waals surface area contributed by atoms with E-state index < -0.39 is 0 Å². The van der Waals surface area contributed by atoms with Crippen molar-refractivity contribution in [2.24, 2.45) is 7.05 Å². The van der Waals surface area contributed by atoms with Gasteiger partial charge in [-0.2, -0.15) is 0 Å². The molecule has 0 atom stereocenters. The summed E-state index contributed by atoms with van der Waals surface area (Å²) in [5.41, 5.74) is 0.899. The van der Waals surface area contributed by atoms with E-state index in [1.54, 1.807) is 24.9 Å². The van der Waals surface area contributed by atoms with Gasteiger partial charge < -0.3 is 4.74 Å². The van der Waals surface area contributed by atoms with E-state index in [2.05, 4.69) is 0 Å². The number of aromatic nitrogens is 2. The van der Waals surface area contributed by atoms with Crippen molar-refractivity contribution >= 4 is 0 Å². The SMILES string of the molecule is COCn1cc(C)n(C)c1=O. The summed E-state index contributed by atoms with van der Waals surface area (Å²) in [5.74, 6) is 0. The summed E-state index contributed by atoms with van der Waals surface area (Å²) in [5, 5.41) is 0. The van der Waals surface area contributed by atoms with Gasteiger partial charge in [0.2, 0.25) is 0 Å². The molecular weight excluding hydrogens is 144 g/mol. The molecule has 0 saturated heterocycles. The first-order valence-corrected chi connectivity index (χ1v) is 3.38. The zero-order chi connectivity index (χ0) is 8.43. The minimum absolute atomic E-state index is 0.0376. The molecule has 62 valence electrons. The number of nitrogens with zero attached hydrogens (tertiary/aromatic N) is 2. The molecule has 1 rings (SSSR count). The van der Waals surface area contributed by atoms with E-state index in [1.807, 2.05) is 6.92 Å². The highest BCUT2D eigenvalue weighted by molar-refractivity contribution is 4.95. The smallest absolute Gasteiger partial charge is 0.329 e. The predicted molar refractivity (Wildman–Crippen MR) is 41.4 cm³/mol. The van der Waals surface area contributed by atoms with Gasteiger partial charge in [-0.05, 0) is 6.92 Å². The molecule has 1 aromatic heterocycles. The van der Waals surface area contributed by atoms with Gasteiger partial charge in [0.05, 0.1) is 0 Å². The largest absolute Gasteiger partial charge is 0.364 e. The summed E-state index contributed by atoms with van der Waals surface area (Å²) in [6, 6.07) is 0. The second kappa shape index (κ2) is 2.92. The van der Waals surface area contributed by atoms with Crippen LogP contribution in [0.4, 0.5) is 0 Å². The lowest BCUT2D eigenvalue weighted by atomic mass is 10.5. The van der Waals surface area contributed by atoms with Crippen LogP contribution in [0, 0.1) is 6.92 Å². The summed E-state index contributed by atoms with van der Waals surface area (Å²) >= 11 is 0. The van der Waals surface area contributed by atoms with Gasteiger partial charge in [-0.25, -0.2) is 4.79 Å². The third-order valence-corrected chi connectivity index (χ3v) is 1.67. The maximum Gasteiger partial charge on any atom is 0.329 e. The predicted octanol–water partition coefficient (Wildman–Crippen LogP) is 0.0991. The zero-order valence-electron chi connectivity index (χ0n) is 7.00. The van der Waals surface area contributed by atoms with Crippen LogP contribution in [-0.4, -0.2) is 16.2 Å². The summed E-state index contributed by atoms with van der Waals surface area (Å²) in [6.45, 7) is 2.20. The zero-order valence-corrected chi connectivity index (χ0v) is 7.00. The lowest BCUT2D eigenvalue weighted by molar-refractivity contribution is 0.128. The van der Waals surface area contributed by atoms with Gasteiger partial charge >= 0.3 is 5.69 Å². The second-order valence-corrected chi connectivity index (χ2v) is 2.50. The van der Waals surface area contributed by atoms with Crippen molar-refractivity contribution in [1.82, 2.24) is 9.13 Å². The van der Waals surface area contributed by atoms with Gasteiger partial charge in [0, 0.05) is 26.0 Å². The summed E-state index contributed by atoms with van der Waals surface area (Å²) < 4.78 is 7.93. The maximum absolute atomic E-state index is 11.2. The van der Waals surface area contributed by atoms with Gasteiger partial charge in [0.25, 0.3) is 0 Å². The van der Waals surface area contributed by atoms with Crippen LogP contribution in [0.3, 0.4) is 0 Å². The second-order valence-electron chi connectivity index (χ2n) is 2.50. The Kier molecular flexibility index (Phi) is 2.14. The molecule has 4 nitrogen and oxygen atoms in total. The Bertz CT molecular complexity index is 298. The number of imidazole rings is 1. The molecule has 0 aliphatic heterocycles. The molecule has 1 aromatic rings. The van der Waals surface area contributed by atoms with Gasteiger partial charge in [-0.3, -0.25) is 9.13 Å². The highest BCUT2D eigenvalue weighted by Gasteiger charge is 2.01. The van der Waals surface area contributed by atoms with Gasteiger partial charge in [0.15, 0.2) is 0 Å². The van der Waals surface area contributed by atoms with E-state index in [-0.39, 0.29) is 5.69 Å². The van der Waals surface area contributed by atoms with E-state index in [0.717, 1.165) is 5.69 Å².